The second-order valence-corrected chi connectivity index (χ2v) is 6.46. The molecule has 4 nitrogen and oxygen atoms in total. The van der Waals surface area contributed by atoms with E-state index in [1.165, 1.54) is 0 Å². The van der Waals surface area contributed by atoms with Gasteiger partial charge in [0.2, 0.25) is 5.91 Å². The smallest absolute Gasteiger partial charge is 0.252 e. The van der Waals surface area contributed by atoms with Gasteiger partial charge in [-0.2, -0.15) is 0 Å². The molecule has 0 aromatic heterocycles. The molecule has 2 amide bonds. The second-order valence-electron chi connectivity index (χ2n) is 6.46. The van der Waals surface area contributed by atoms with Crippen molar-refractivity contribution < 1.29 is 9.59 Å². The molecule has 1 aromatic carbocycles. The highest BCUT2D eigenvalue weighted by atomic mass is 16.2. The number of nitrogens with zero attached hydrogens (tertiary/aromatic N) is 1. The summed E-state index contributed by atoms with van der Waals surface area (Å²) in [5, 5.41) is 2.84. The van der Waals surface area contributed by atoms with Gasteiger partial charge in [0.1, 0.15) is 11.6 Å². The number of rotatable bonds is 3. The maximum atomic E-state index is 12.9. The number of carbonyl (C=O) groups is 2. The van der Waals surface area contributed by atoms with Gasteiger partial charge in [0, 0.05) is 5.69 Å². The molecule has 0 bridgehead atoms. The zero-order valence-corrected chi connectivity index (χ0v) is 13.4. The lowest BCUT2D eigenvalue weighted by Gasteiger charge is -2.44. The Labute approximate surface area is 126 Å². The van der Waals surface area contributed by atoms with E-state index < -0.39 is 11.6 Å². The van der Waals surface area contributed by atoms with Crippen molar-refractivity contribution in [2.75, 3.05) is 4.90 Å². The summed E-state index contributed by atoms with van der Waals surface area (Å²) in [6.45, 7) is 9.51. The lowest BCUT2D eigenvalue weighted by molar-refractivity contribution is -0.138. The summed E-state index contributed by atoms with van der Waals surface area (Å²) in [5.74, 6) is -0.0860. The molecule has 21 heavy (non-hydrogen) atoms. The fraction of sp³-hybridized carbons (Fsp3) is 0.529. The van der Waals surface area contributed by atoms with E-state index >= 15 is 0 Å². The number of hydrogen-bond acceptors (Lipinski definition) is 2. The summed E-state index contributed by atoms with van der Waals surface area (Å²) in [6, 6.07) is 7.36. The number of amides is 2. The fourth-order valence-electron chi connectivity index (χ4n) is 2.89. The molecular weight excluding hydrogens is 264 g/mol. The predicted octanol–water partition coefficient (Wildman–Crippen LogP) is 2.52. The third-order valence-corrected chi connectivity index (χ3v) is 4.00. The number of carbonyl (C=O) groups excluding carboxylic acids is 2. The van der Waals surface area contributed by atoms with Crippen molar-refractivity contribution in [3.8, 4) is 0 Å². The number of nitrogens with one attached hydrogen (secondary N) is 1. The fourth-order valence-corrected chi connectivity index (χ4v) is 2.89. The van der Waals surface area contributed by atoms with Crippen LogP contribution < -0.4 is 10.2 Å². The van der Waals surface area contributed by atoms with Gasteiger partial charge in [-0.1, -0.05) is 39.0 Å². The van der Waals surface area contributed by atoms with E-state index in [9.17, 15) is 9.59 Å². The molecule has 4 heteroatoms. The lowest BCUT2D eigenvalue weighted by Crippen LogP contribution is -2.69. The number of aryl methyl sites for hydroxylation is 1. The van der Waals surface area contributed by atoms with Crippen LogP contribution in [0, 0.1) is 5.92 Å². The highest BCUT2D eigenvalue weighted by Crippen LogP contribution is 2.31. The Hall–Kier alpha value is -1.84. The second kappa shape index (κ2) is 5.51. The zero-order valence-electron chi connectivity index (χ0n) is 13.4. The van der Waals surface area contributed by atoms with Crippen molar-refractivity contribution in [3.63, 3.8) is 0 Å². The Morgan fingerprint density at radius 1 is 1.24 bits per heavy atom. The summed E-state index contributed by atoms with van der Waals surface area (Å²) < 4.78 is 0. The summed E-state index contributed by atoms with van der Waals surface area (Å²) in [6.07, 6.45) is 0.826. The van der Waals surface area contributed by atoms with Crippen LogP contribution >= 0.6 is 0 Å². The Morgan fingerprint density at radius 3 is 2.43 bits per heavy atom. The maximum absolute atomic E-state index is 12.9. The predicted molar refractivity (Wildman–Crippen MR) is 84.2 cm³/mol. The minimum atomic E-state index is -0.872. The van der Waals surface area contributed by atoms with Crippen LogP contribution in [0.5, 0.6) is 0 Å². The Morgan fingerprint density at radius 2 is 1.86 bits per heavy atom. The van der Waals surface area contributed by atoms with E-state index in [-0.39, 0.29) is 17.7 Å². The highest BCUT2D eigenvalue weighted by Gasteiger charge is 2.47. The Kier molecular flexibility index (Phi) is 4.08. The monoisotopic (exact) mass is 288 g/mol. The van der Waals surface area contributed by atoms with E-state index in [2.05, 4.69) is 12.2 Å². The third kappa shape index (κ3) is 2.67. The van der Waals surface area contributed by atoms with Crippen LogP contribution in [-0.2, 0) is 16.0 Å². The lowest BCUT2D eigenvalue weighted by atomic mass is 9.90. The first-order valence-corrected chi connectivity index (χ1v) is 7.53. The molecule has 0 aliphatic carbocycles. The molecule has 1 aliphatic heterocycles. The van der Waals surface area contributed by atoms with Gasteiger partial charge in [0.05, 0.1) is 0 Å². The highest BCUT2D eigenvalue weighted by molar-refractivity contribution is 6.10. The largest absolute Gasteiger partial charge is 0.340 e. The molecule has 0 radical (unpaired) electrons. The van der Waals surface area contributed by atoms with Crippen molar-refractivity contribution in [3.05, 3.63) is 29.8 Å². The molecule has 1 saturated heterocycles. The molecule has 1 aliphatic rings. The molecule has 1 atom stereocenters. The normalized spacial score (nSPS) is 21.6. The van der Waals surface area contributed by atoms with Crippen LogP contribution in [0.1, 0.15) is 40.2 Å². The molecular formula is C17H24N2O2. The quantitative estimate of drug-likeness (QED) is 0.929. The summed E-state index contributed by atoms with van der Waals surface area (Å²) >= 11 is 0. The SMILES string of the molecule is CCc1ccccc1N1C(=O)C(C)(C)NC(=O)C1C(C)C. The summed E-state index contributed by atoms with van der Waals surface area (Å²) in [5.41, 5.74) is 1.07. The van der Waals surface area contributed by atoms with E-state index in [0.717, 1.165) is 17.7 Å². The van der Waals surface area contributed by atoms with Crippen LogP contribution in [0.2, 0.25) is 0 Å². The number of anilines is 1. The van der Waals surface area contributed by atoms with Gasteiger partial charge in [-0.15, -0.1) is 0 Å². The van der Waals surface area contributed by atoms with E-state index in [1.54, 1.807) is 18.7 Å². The maximum Gasteiger partial charge on any atom is 0.252 e. The van der Waals surface area contributed by atoms with Gasteiger partial charge < -0.3 is 5.32 Å². The topological polar surface area (TPSA) is 49.4 Å². The number of para-hydroxylation sites is 1. The minimum absolute atomic E-state index is 0.0509. The summed E-state index contributed by atoms with van der Waals surface area (Å²) in [4.78, 5) is 27.1. The van der Waals surface area contributed by atoms with E-state index in [0.29, 0.717) is 0 Å². The van der Waals surface area contributed by atoms with Crippen LogP contribution in [0.3, 0.4) is 0 Å². The van der Waals surface area contributed by atoms with E-state index in [4.69, 9.17) is 0 Å². The molecule has 114 valence electrons. The molecule has 2 rings (SSSR count). The first kappa shape index (κ1) is 15.5. The molecule has 1 unspecified atom stereocenters. The standard InChI is InChI=1S/C17H24N2O2/c1-6-12-9-7-8-10-13(12)19-14(11(2)3)15(20)18-17(4,5)16(19)21/h7-11,14H,6H2,1-5H3,(H,18,20). The van der Waals surface area contributed by atoms with Gasteiger partial charge in [-0.3, -0.25) is 14.5 Å². The summed E-state index contributed by atoms with van der Waals surface area (Å²) in [7, 11) is 0. The van der Waals surface area contributed by atoms with Crippen molar-refractivity contribution >= 4 is 17.5 Å². The Balaban J connectivity index is 2.58. The van der Waals surface area contributed by atoms with Crippen LogP contribution in [0.15, 0.2) is 24.3 Å². The third-order valence-electron chi connectivity index (χ3n) is 4.00. The number of benzene rings is 1. The molecule has 1 aromatic rings. The van der Waals surface area contributed by atoms with Gasteiger partial charge in [0.15, 0.2) is 0 Å². The van der Waals surface area contributed by atoms with Crippen molar-refractivity contribution in [2.24, 2.45) is 5.92 Å². The van der Waals surface area contributed by atoms with Crippen LogP contribution in [0.4, 0.5) is 5.69 Å². The van der Waals surface area contributed by atoms with Crippen molar-refractivity contribution in [2.45, 2.75) is 52.6 Å². The Bertz CT molecular complexity index is 564. The number of hydrogen-bond donors (Lipinski definition) is 1. The first-order chi connectivity index (χ1) is 9.79. The average Bonchev–Trinajstić information content (AvgIpc) is 2.41. The zero-order chi connectivity index (χ0) is 15.8. The van der Waals surface area contributed by atoms with Crippen molar-refractivity contribution in [1.82, 2.24) is 5.32 Å². The minimum Gasteiger partial charge on any atom is -0.340 e. The van der Waals surface area contributed by atoms with Crippen LogP contribution in [0.25, 0.3) is 0 Å². The van der Waals surface area contributed by atoms with Gasteiger partial charge in [-0.05, 0) is 37.8 Å². The molecule has 0 saturated carbocycles. The molecule has 1 N–H and O–H groups in total. The molecule has 1 fully saturated rings. The van der Waals surface area contributed by atoms with Gasteiger partial charge in [-0.25, -0.2) is 0 Å². The number of piperazine rings is 1. The molecule has 1 heterocycles. The first-order valence-electron chi connectivity index (χ1n) is 7.53. The van der Waals surface area contributed by atoms with E-state index in [1.807, 2.05) is 38.1 Å². The van der Waals surface area contributed by atoms with Crippen LogP contribution in [-0.4, -0.2) is 23.4 Å². The molecule has 0 spiro atoms. The average molecular weight is 288 g/mol. The van der Waals surface area contributed by atoms with Crippen molar-refractivity contribution in [1.29, 1.82) is 0 Å². The van der Waals surface area contributed by atoms with Gasteiger partial charge >= 0.3 is 0 Å². The van der Waals surface area contributed by atoms with Gasteiger partial charge in [0.25, 0.3) is 5.91 Å².